The van der Waals surface area contributed by atoms with Gasteiger partial charge in [-0.05, 0) is 48.0 Å². The van der Waals surface area contributed by atoms with E-state index in [4.69, 9.17) is 9.47 Å². The van der Waals surface area contributed by atoms with Crippen LogP contribution in [0.2, 0.25) is 0 Å². The van der Waals surface area contributed by atoms with Gasteiger partial charge >= 0.3 is 0 Å². The fourth-order valence-corrected chi connectivity index (χ4v) is 1.87. The minimum atomic E-state index is -0.145. The molecule has 1 rings (SSSR count). The van der Waals surface area contributed by atoms with Gasteiger partial charge in [0.25, 0.3) is 5.91 Å². The molecule has 0 bridgehead atoms. The van der Waals surface area contributed by atoms with Crippen molar-refractivity contribution in [1.29, 1.82) is 0 Å². The zero-order chi connectivity index (χ0) is 13.5. The first kappa shape index (κ1) is 15.0. The first-order valence-corrected chi connectivity index (χ1v) is 6.60. The van der Waals surface area contributed by atoms with Gasteiger partial charge < -0.3 is 14.8 Å². The number of rotatable bonds is 6. The molecule has 0 fully saturated rings. The summed E-state index contributed by atoms with van der Waals surface area (Å²) in [4.78, 5) is 12.1. The molecule has 4 nitrogen and oxygen atoms in total. The van der Waals surface area contributed by atoms with E-state index in [1.54, 1.807) is 25.3 Å². The summed E-state index contributed by atoms with van der Waals surface area (Å²) in [5.74, 6) is 0.508. The van der Waals surface area contributed by atoms with Crippen molar-refractivity contribution in [3.05, 3.63) is 28.2 Å². The van der Waals surface area contributed by atoms with E-state index < -0.39 is 0 Å². The molecule has 0 aromatic heterocycles. The van der Waals surface area contributed by atoms with E-state index in [-0.39, 0.29) is 11.9 Å². The fourth-order valence-electron chi connectivity index (χ4n) is 1.44. The molecule has 5 heteroatoms. The quantitative estimate of drug-likeness (QED) is 0.877. The Kier molecular flexibility index (Phi) is 6.15. The van der Waals surface area contributed by atoms with Crippen molar-refractivity contribution in [2.45, 2.75) is 19.9 Å². The van der Waals surface area contributed by atoms with Crippen molar-refractivity contribution in [2.75, 3.05) is 20.3 Å². The van der Waals surface area contributed by atoms with Gasteiger partial charge in [-0.1, -0.05) is 0 Å². The summed E-state index contributed by atoms with van der Waals surface area (Å²) in [6.45, 7) is 4.97. The van der Waals surface area contributed by atoms with Crippen LogP contribution in [0.25, 0.3) is 0 Å². The standard InChI is InChI=1S/C13H18BrNO3/c1-4-18-8-9(2)15-13(16)11-7-10(17-3)5-6-12(11)14/h5-7,9H,4,8H2,1-3H3,(H,15,16). The second kappa shape index (κ2) is 7.38. The number of ether oxygens (including phenoxy) is 2. The van der Waals surface area contributed by atoms with E-state index in [1.807, 2.05) is 13.8 Å². The minimum Gasteiger partial charge on any atom is -0.497 e. The van der Waals surface area contributed by atoms with Crippen LogP contribution in [-0.2, 0) is 4.74 Å². The van der Waals surface area contributed by atoms with Crippen LogP contribution in [0.5, 0.6) is 5.75 Å². The molecule has 0 aliphatic rings. The zero-order valence-corrected chi connectivity index (χ0v) is 12.4. The van der Waals surface area contributed by atoms with E-state index in [9.17, 15) is 4.79 Å². The largest absolute Gasteiger partial charge is 0.497 e. The first-order valence-electron chi connectivity index (χ1n) is 5.80. The third-order valence-electron chi connectivity index (χ3n) is 2.37. The van der Waals surface area contributed by atoms with Crippen LogP contribution in [0, 0.1) is 0 Å². The summed E-state index contributed by atoms with van der Waals surface area (Å²) in [5.41, 5.74) is 0.553. The predicted molar refractivity (Wildman–Crippen MR) is 74.1 cm³/mol. The number of benzene rings is 1. The number of carbonyl (C=O) groups excluding carboxylic acids is 1. The van der Waals surface area contributed by atoms with Crippen molar-refractivity contribution < 1.29 is 14.3 Å². The maximum atomic E-state index is 12.1. The van der Waals surface area contributed by atoms with Crippen LogP contribution in [0.1, 0.15) is 24.2 Å². The topological polar surface area (TPSA) is 47.6 Å². The van der Waals surface area contributed by atoms with E-state index in [1.165, 1.54) is 0 Å². The maximum absolute atomic E-state index is 12.1. The van der Waals surface area contributed by atoms with Crippen LogP contribution in [0.15, 0.2) is 22.7 Å². The van der Waals surface area contributed by atoms with Crippen molar-refractivity contribution in [2.24, 2.45) is 0 Å². The molecule has 0 aliphatic heterocycles. The molecule has 1 unspecified atom stereocenters. The Balaban J connectivity index is 2.71. The zero-order valence-electron chi connectivity index (χ0n) is 10.8. The Morgan fingerprint density at radius 1 is 1.50 bits per heavy atom. The Morgan fingerprint density at radius 3 is 2.83 bits per heavy atom. The van der Waals surface area contributed by atoms with Gasteiger partial charge in [-0.2, -0.15) is 0 Å². The molecule has 1 aromatic carbocycles. The molecule has 0 aliphatic carbocycles. The van der Waals surface area contributed by atoms with Crippen LogP contribution in [0.3, 0.4) is 0 Å². The molecule has 1 atom stereocenters. The number of carbonyl (C=O) groups is 1. The number of halogens is 1. The number of hydrogen-bond acceptors (Lipinski definition) is 3. The molecule has 1 aromatic rings. The van der Waals surface area contributed by atoms with Crippen LogP contribution in [-0.4, -0.2) is 32.3 Å². The SMILES string of the molecule is CCOCC(C)NC(=O)c1cc(OC)ccc1Br. The smallest absolute Gasteiger partial charge is 0.252 e. The summed E-state index contributed by atoms with van der Waals surface area (Å²) in [6, 6.07) is 5.26. The van der Waals surface area contributed by atoms with Gasteiger partial charge in [0.2, 0.25) is 0 Å². The van der Waals surface area contributed by atoms with Gasteiger partial charge in [-0.25, -0.2) is 0 Å². The number of methoxy groups -OCH3 is 1. The van der Waals surface area contributed by atoms with Gasteiger partial charge in [0.05, 0.1) is 19.3 Å². The average Bonchev–Trinajstić information content (AvgIpc) is 2.36. The Hall–Kier alpha value is -1.07. The lowest BCUT2D eigenvalue weighted by atomic mass is 10.2. The highest BCUT2D eigenvalue weighted by Gasteiger charge is 2.13. The molecule has 0 saturated carbocycles. The third kappa shape index (κ3) is 4.31. The summed E-state index contributed by atoms with van der Waals surface area (Å²) in [6.07, 6.45) is 0. The summed E-state index contributed by atoms with van der Waals surface area (Å²) < 4.78 is 11.1. The second-order valence-corrected chi connectivity index (χ2v) is 4.73. The van der Waals surface area contributed by atoms with Crippen molar-refractivity contribution >= 4 is 21.8 Å². The lowest BCUT2D eigenvalue weighted by molar-refractivity contribution is 0.0871. The molecular weight excluding hydrogens is 298 g/mol. The van der Waals surface area contributed by atoms with Gasteiger partial charge in [-0.3, -0.25) is 4.79 Å². The lowest BCUT2D eigenvalue weighted by Crippen LogP contribution is -2.36. The highest BCUT2D eigenvalue weighted by Crippen LogP contribution is 2.22. The molecular formula is C13H18BrNO3. The van der Waals surface area contributed by atoms with Crippen molar-refractivity contribution in [3.63, 3.8) is 0 Å². The van der Waals surface area contributed by atoms with Crippen LogP contribution < -0.4 is 10.1 Å². The number of amides is 1. The monoisotopic (exact) mass is 315 g/mol. The lowest BCUT2D eigenvalue weighted by Gasteiger charge is -2.14. The van der Waals surface area contributed by atoms with Gasteiger partial charge in [0, 0.05) is 17.1 Å². The van der Waals surface area contributed by atoms with E-state index >= 15 is 0 Å². The minimum absolute atomic E-state index is 0.0319. The van der Waals surface area contributed by atoms with Gasteiger partial charge in [-0.15, -0.1) is 0 Å². The Bertz CT molecular complexity index is 409. The maximum Gasteiger partial charge on any atom is 0.252 e. The molecule has 1 N–H and O–H groups in total. The number of hydrogen-bond donors (Lipinski definition) is 1. The van der Waals surface area contributed by atoms with Crippen molar-refractivity contribution in [3.8, 4) is 5.75 Å². The molecule has 0 heterocycles. The molecule has 100 valence electrons. The van der Waals surface area contributed by atoms with E-state index in [2.05, 4.69) is 21.2 Å². The normalized spacial score (nSPS) is 12.0. The molecule has 0 radical (unpaired) electrons. The Labute approximate surface area is 116 Å². The predicted octanol–water partition coefficient (Wildman–Crippen LogP) is 2.61. The Morgan fingerprint density at radius 2 is 2.22 bits per heavy atom. The van der Waals surface area contributed by atoms with Gasteiger partial charge in [0.15, 0.2) is 0 Å². The number of nitrogens with one attached hydrogen (secondary N) is 1. The average molecular weight is 316 g/mol. The summed E-state index contributed by atoms with van der Waals surface area (Å²) >= 11 is 3.36. The summed E-state index contributed by atoms with van der Waals surface area (Å²) in [7, 11) is 1.57. The molecule has 0 spiro atoms. The van der Waals surface area contributed by atoms with E-state index in [0.717, 1.165) is 4.47 Å². The second-order valence-electron chi connectivity index (χ2n) is 3.88. The molecule has 0 saturated heterocycles. The highest BCUT2D eigenvalue weighted by atomic mass is 79.9. The highest BCUT2D eigenvalue weighted by molar-refractivity contribution is 9.10. The summed E-state index contributed by atoms with van der Waals surface area (Å²) in [5, 5.41) is 2.87. The third-order valence-corrected chi connectivity index (χ3v) is 3.06. The molecule has 18 heavy (non-hydrogen) atoms. The fraction of sp³-hybridized carbons (Fsp3) is 0.462. The molecule has 1 amide bonds. The van der Waals surface area contributed by atoms with Crippen LogP contribution >= 0.6 is 15.9 Å². The van der Waals surface area contributed by atoms with Crippen molar-refractivity contribution in [1.82, 2.24) is 5.32 Å². The van der Waals surface area contributed by atoms with Gasteiger partial charge in [0.1, 0.15) is 5.75 Å². The van der Waals surface area contributed by atoms with E-state index in [0.29, 0.717) is 24.5 Å². The first-order chi connectivity index (χ1) is 8.58. The van der Waals surface area contributed by atoms with Crippen LogP contribution in [0.4, 0.5) is 0 Å².